The Balaban J connectivity index is 3.66. The SMILES string of the molecule is CCCCCCCCCCCCC/C=C\CCCCCC(O)(C[N+](C)(C)C)P(=O)(O)O. The van der Waals surface area contributed by atoms with E-state index in [2.05, 4.69) is 19.1 Å². The first-order valence-corrected chi connectivity index (χ1v) is 14.4. The molecule has 0 rings (SSSR count). The van der Waals surface area contributed by atoms with Crippen LogP contribution in [-0.2, 0) is 4.57 Å². The fraction of sp³-hybridized carbons (Fsp3) is 0.920. The van der Waals surface area contributed by atoms with E-state index in [0.717, 1.165) is 25.7 Å². The molecule has 0 aliphatic heterocycles. The van der Waals surface area contributed by atoms with Gasteiger partial charge in [-0.15, -0.1) is 0 Å². The number of likely N-dealkylation sites (N-methyl/N-ethyl adjacent to an activating group) is 1. The summed E-state index contributed by atoms with van der Waals surface area (Å²) in [6.07, 6.45) is 24.4. The van der Waals surface area contributed by atoms with Gasteiger partial charge in [0.05, 0.1) is 21.1 Å². The monoisotopic (exact) mass is 462 g/mol. The molecule has 0 saturated heterocycles. The first kappa shape index (κ1) is 30.8. The van der Waals surface area contributed by atoms with Crippen LogP contribution in [0, 0.1) is 0 Å². The highest BCUT2D eigenvalue weighted by Gasteiger charge is 2.48. The quantitative estimate of drug-likeness (QED) is 0.0761. The minimum absolute atomic E-state index is 0.0517. The van der Waals surface area contributed by atoms with Gasteiger partial charge in [-0.1, -0.05) is 89.7 Å². The lowest BCUT2D eigenvalue weighted by atomic mass is 10.0. The zero-order valence-corrected chi connectivity index (χ0v) is 21.9. The average molecular weight is 463 g/mol. The Kier molecular flexibility index (Phi) is 17.2. The molecule has 1 unspecified atom stereocenters. The molecule has 0 heterocycles. The Morgan fingerprint density at radius 2 is 1.10 bits per heavy atom. The van der Waals surface area contributed by atoms with Crippen molar-refractivity contribution in [1.82, 2.24) is 0 Å². The fourth-order valence-corrected chi connectivity index (χ4v) is 5.14. The van der Waals surface area contributed by atoms with Gasteiger partial charge in [-0.2, -0.15) is 0 Å². The van der Waals surface area contributed by atoms with Crippen LogP contribution in [0.4, 0.5) is 0 Å². The number of hydrogen-bond acceptors (Lipinski definition) is 2. The molecule has 6 heteroatoms. The Hall–Kier alpha value is -0.190. The maximum atomic E-state index is 11.8. The van der Waals surface area contributed by atoms with Gasteiger partial charge < -0.3 is 19.4 Å². The molecule has 3 N–H and O–H groups in total. The Morgan fingerprint density at radius 1 is 0.710 bits per heavy atom. The van der Waals surface area contributed by atoms with Crippen molar-refractivity contribution in [1.29, 1.82) is 0 Å². The van der Waals surface area contributed by atoms with E-state index in [4.69, 9.17) is 0 Å². The van der Waals surface area contributed by atoms with Gasteiger partial charge in [0.1, 0.15) is 6.54 Å². The van der Waals surface area contributed by atoms with E-state index >= 15 is 0 Å². The van der Waals surface area contributed by atoms with Crippen LogP contribution in [-0.4, -0.2) is 52.4 Å². The molecule has 31 heavy (non-hydrogen) atoms. The predicted molar refractivity (Wildman–Crippen MR) is 133 cm³/mol. The highest BCUT2D eigenvalue weighted by atomic mass is 31.2. The zero-order chi connectivity index (χ0) is 23.6. The number of allylic oxidation sites excluding steroid dienone is 2. The molecular formula is C25H53NO4P+. The van der Waals surface area contributed by atoms with Crippen molar-refractivity contribution in [2.75, 3.05) is 27.7 Å². The highest BCUT2D eigenvalue weighted by molar-refractivity contribution is 7.53. The van der Waals surface area contributed by atoms with E-state index in [0.29, 0.717) is 10.9 Å². The van der Waals surface area contributed by atoms with E-state index in [1.54, 1.807) is 0 Å². The van der Waals surface area contributed by atoms with Crippen molar-refractivity contribution in [3.05, 3.63) is 12.2 Å². The maximum absolute atomic E-state index is 11.8. The molecule has 0 fully saturated rings. The van der Waals surface area contributed by atoms with Gasteiger partial charge in [0.25, 0.3) is 0 Å². The van der Waals surface area contributed by atoms with Crippen LogP contribution >= 0.6 is 7.60 Å². The molecule has 5 nitrogen and oxygen atoms in total. The van der Waals surface area contributed by atoms with E-state index in [1.165, 1.54) is 70.6 Å². The summed E-state index contributed by atoms with van der Waals surface area (Å²) in [6, 6.07) is 0. The van der Waals surface area contributed by atoms with Crippen LogP contribution in [0.25, 0.3) is 0 Å². The van der Waals surface area contributed by atoms with Crippen LogP contribution in [0.15, 0.2) is 12.2 Å². The molecule has 186 valence electrons. The van der Waals surface area contributed by atoms with Crippen molar-refractivity contribution >= 4 is 7.60 Å². The molecule has 0 aliphatic rings. The third-order valence-electron chi connectivity index (χ3n) is 5.86. The molecule has 1 atom stereocenters. The van der Waals surface area contributed by atoms with Gasteiger partial charge in [-0.25, -0.2) is 0 Å². The molecule has 0 saturated carbocycles. The molecule has 0 aliphatic carbocycles. The third-order valence-corrected chi connectivity index (χ3v) is 7.31. The standard InChI is InChI=1S/C25H52NO4P/c1-5-6-7-8-9-10-11-12-13-14-15-16-17-18-19-20-21-22-23-25(27,31(28,29)30)24-26(2,3)4/h17-18,27H,5-16,19-24H2,1-4H3,(H-,28,29,30)/p+1/b18-17-. The Bertz CT molecular complexity index is 498. The second-order valence-electron chi connectivity index (χ2n) is 10.4. The highest BCUT2D eigenvalue weighted by Crippen LogP contribution is 2.52. The van der Waals surface area contributed by atoms with Crippen molar-refractivity contribution in [3.63, 3.8) is 0 Å². The minimum Gasteiger partial charge on any atom is -0.373 e. The summed E-state index contributed by atoms with van der Waals surface area (Å²) in [5, 5.41) is 8.61. The summed E-state index contributed by atoms with van der Waals surface area (Å²) in [5.41, 5.74) is 0. The summed E-state index contributed by atoms with van der Waals surface area (Å²) < 4.78 is 12.1. The number of aliphatic hydroxyl groups is 1. The molecular weight excluding hydrogens is 409 g/mol. The van der Waals surface area contributed by atoms with Crippen LogP contribution in [0.2, 0.25) is 0 Å². The lowest BCUT2D eigenvalue weighted by molar-refractivity contribution is -0.875. The summed E-state index contributed by atoms with van der Waals surface area (Å²) in [5.74, 6) is 0. The van der Waals surface area contributed by atoms with Crippen molar-refractivity contribution in [2.24, 2.45) is 0 Å². The molecule has 0 aromatic carbocycles. The van der Waals surface area contributed by atoms with Gasteiger partial charge in [-0.05, 0) is 38.5 Å². The van der Waals surface area contributed by atoms with Gasteiger partial charge >= 0.3 is 7.60 Å². The van der Waals surface area contributed by atoms with Gasteiger partial charge in [0.15, 0.2) is 0 Å². The fourth-order valence-electron chi connectivity index (χ4n) is 4.09. The first-order chi connectivity index (χ1) is 14.5. The van der Waals surface area contributed by atoms with Crippen molar-refractivity contribution < 1.29 is 23.9 Å². The van der Waals surface area contributed by atoms with Crippen LogP contribution in [0.5, 0.6) is 0 Å². The molecule has 0 radical (unpaired) electrons. The lowest BCUT2D eigenvalue weighted by Crippen LogP contribution is -2.49. The van der Waals surface area contributed by atoms with Crippen LogP contribution in [0.1, 0.15) is 116 Å². The van der Waals surface area contributed by atoms with Gasteiger partial charge in [-0.3, -0.25) is 4.57 Å². The Morgan fingerprint density at radius 3 is 1.48 bits per heavy atom. The molecule has 0 bridgehead atoms. The third kappa shape index (κ3) is 18.0. The van der Waals surface area contributed by atoms with E-state index in [9.17, 15) is 19.5 Å². The number of quaternary nitrogens is 1. The molecule has 0 aromatic rings. The smallest absolute Gasteiger partial charge is 0.362 e. The average Bonchev–Trinajstić information content (AvgIpc) is 2.65. The number of hydrogen-bond donors (Lipinski definition) is 3. The van der Waals surface area contributed by atoms with Crippen molar-refractivity contribution in [3.8, 4) is 0 Å². The zero-order valence-electron chi connectivity index (χ0n) is 21.0. The van der Waals surface area contributed by atoms with Gasteiger partial charge in [0, 0.05) is 0 Å². The topological polar surface area (TPSA) is 77.8 Å². The summed E-state index contributed by atoms with van der Waals surface area (Å²) >= 11 is 0. The number of nitrogens with zero attached hydrogens (tertiary/aromatic N) is 1. The molecule has 0 amide bonds. The molecule has 0 spiro atoms. The number of rotatable bonds is 21. The normalized spacial score (nSPS) is 14.9. The first-order valence-electron chi connectivity index (χ1n) is 12.8. The Labute approximate surface area is 193 Å². The minimum atomic E-state index is -4.55. The second-order valence-corrected chi connectivity index (χ2v) is 12.3. The van der Waals surface area contributed by atoms with Gasteiger partial charge in [0.2, 0.25) is 5.34 Å². The van der Waals surface area contributed by atoms with Crippen LogP contribution in [0.3, 0.4) is 0 Å². The number of unbranched alkanes of at least 4 members (excludes halogenated alkanes) is 14. The van der Waals surface area contributed by atoms with E-state index < -0.39 is 12.9 Å². The predicted octanol–water partition coefficient (Wildman–Crippen LogP) is 6.77. The largest absolute Gasteiger partial charge is 0.373 e. The van der Waals surface area contributed by atoms with Crippen molar-refractivity contribution in [2.45, 2.75) is 121 Å². The second kappa shape index (κ2) is 17.3. The molecule has 0 aromatic heterocycles. The summed E-state index contributed by atoms with van der Waals surface area (Å²) in [4.78, 5) is 19.2. The van der Waals surface area contributed by atoms with Crippen LogP contribution < -0.4 is 0 Å². The maximum Gasteiger partial charge on any atom is 0.362 e. The lowest BCUT2D eigenvalue weighted by Gasteiger charge is -2.35. The summed E-state index contributed by atoms with van der Waals surface area (Å²) in [7, 11) is 0.952. The summed E-state index contributed by atoms with van der Waals surface area (Å²) in [6.45, 7) is 2.32. The van der Waals surface area contributed by atoms with E-state index in [1.807, 2.05) is 21.1 Å². The van der Waals surface area contributed by atoms with E-state index in [-0.39, 0.29) is 13.0 Å².